The van der Waals surface area contributed by atoms with E-state index in [1.807, 2.05) is 6.07 Å². The third-order valence-electron chi connectivity index (χ3n) is 2.57. The van der Waals surface area contributed by atoms with Crippen LogP contribution >= 0.6 is 0 Å². The summed E-state index contributed by atoms with van der Waals surface area (Å²) in [4.78, 5) is 14.8. The molecule has 6 nitrogen and oxygen atoms in total. The zero-order valence-corrected chi connectivity index (χ0v) is 11.7. The monoisotopic (exact) mass is 293 g/mol. The van der Waals surface area contributed by atoms with Crippen LogP contribution in [0, 0.1) is 0 Å². The first-order valence-corrected chi connectivity index (χ1v) is 7.81. The number of aromatic amines is 1. The number of anilines is 1. The lowest BCUT2D eigenvalue weighted by atomic mass is 10.2. The van der Waals surface area contributed by atoms with Gasteiger partial charge in [0, 0.05) is 30.2 Å². The molecular formula is C13H15N3O3S. The predicted octanol–water partition coefficient (Wildman–Crippen LogP) is 1.32. The summed E-state index contributed by atoms with van der Waals surface area (Å²) >= 11 is 0. The predicted molar refractivity (Wildman–Crippen MR) is 76.9 cm³/mol. The number of aromatic nitrogens is 1. The highest BCUT2D eigenvalue weighted by molar-refractivity contribution is 7.92. The van der Waals surface area contributed by atoms with E-state index < -0.39 is 10.0 Å². The molecule has 0 atom stereocenters. The summed E-state index contributed by atoms with van der Waals surface area (Å²) in [6.07, 6.45) is 4.66. The summed E-state index contributed by atoms with van der Waals surface area (Å²) in [7, 11) is -3.30. The van der Waals surface area contributed by atoms with Crippen molar-refractivity contribution in [3.63, 3.8) is 0 Å². The van der Waals surface area contributed by atoms with Gasteiger partial charge in [0.25, 0.3) is 5.91 Å². The van der Waals surface area contributed by atoms with Gasteiger partial charge in [0.2, 0.25) is 10.0 Å². The van der Waals surface area contributed by atoms with Gasteiger partial charge in [-0.15, -0.1) is 0 Å². The Labute approximate surface area is 117 Å². The van der Waals surface area contributed by atoms with Gasteiger partial charge in [-0.25, -0.2) is 8.42 Å². The number of carbonyl (C=O) groups is 1. The molecule has 20 heavy (non-hydrogen) atoms. The van der Waals surface area contributed by atoms with E-state index >= 15 is 0 Å². The number of rotatable bonds is 5. The Kier molecular flexibility index (Phi) is 4.09. The van der Waals surface area contributed by atoms with E-state index in [1.165, 1.54) is 0 Å². The molecule has 2 rings (SSSR count). The molecule has 0 saturated carbocycles. The zero-order valence-electron chi connectivity index (χ0n) is 10.9. The maximum Gasteiger partial charge on any atom is 0.251 e. The van der Waals surface area contributed by atoms with E-state index in [1.54, 1.807) is 36.7 Å². The second kappa shape index (κ2) is 5.79. The Morgan fingerprint density at radius 3 is 2.45 bits per heavy atom. The quantitative estimate of drug-likeness (QED) is 0.776. The molecule has 0 aliphatic heterocycles. The Balaban J connectivity index is 1.97. The minimum absolute atomic E-state index is 0.211. The maximum atomic E-state index is 11.9. The Bertz CT molecular complexity index is 676. The van der Waals surface area contributed by atoms with Gasteiger partial charge in [-0.05, 0) is 35.9 Å². The molecule has 1 amide bonds. The molecule has 0 unspecified atom stereocenters. The van der Waals surface area contributed by atoms with Crippen molar-refractivity contribution in [3.8, 4) is 0 Å². The van der Waals surface area contributed by atoms with Gasteiger partial charge in [-0.3, -0.25) is 9.52 Å². The molecule has 1 aromatic carbocycles. The van der Waals surface area contributed by atoms with Crippen LogP contribution in [0.4, 0.5) is 5.69 Å². The third kappa shape index (κ3) is 4.13. The van der Waals surface area contributed by atoms with E-state index in [2.05, 4.69) is 15.0 Å². The number of hydrogen-bond acceptors (Lipinski definition) is 3. The summed E-state index contributed by atoms with van der Waals surface area (Å²) in [5.41, 5.74) is 1.88. The number of carbonyl (C=O) groups excluding carboxylic acids is 1. The highest BCUT2D eigenvalue weighted by Gasteiger charge is 2.06. The zero-order chi connectivity index (χ0) is 14.6. The van der Waals surface area contributed by atoms with Crippen molar-refractivity contribution in [1.29, 1.82) is 0 Å². The van der Waals surface area contributed by atoms with E-state index in [0.717, 1.165) is 11.8 Å². The number of benzene rings is 1. The Morgan fingerprint density at radius 2 is 1.90 bits per heavy atom. The molecule has 1 heterocycles. The molecule has 7 heteroatoms. The van der Waals surface area contributed by atoms with Crippen molar-refractivity contribution < 1.29 is 13.2 Å². The second-order valence-corrected chi connectivity index (χ2v) is 6.10. The van der Waals surface area contributed by atoms with Crippen LogP contribution in [0.2, 0.25) is 0 Å². The molecule has 106 valence electrons. The molecule has 0 radical (unpaired) electrons. The SMILES string of the molecule is CS(=O)(=O)Nc1ccc(C(=O)NCc2cc[nH]c2)cc1. The van der Waals surface area contributed by atoms with Gasteiger partial charge in [0.1, 0.15) is 0 Å². The van der Waals surface area contributed by atoms with E-state index in [4.69, 9.17) is 0 Å². The molecular weight excluding hydrogens is 278 g/mol. The summed E-state index contributed by atoms with van der Waals surface area (Å²) in [6, 6.07) is 8.11. The van der Waals surface area contributed by atoms with Gasteiger partial charge in [0.15, 0.2) is 0 Å². The van der Waals surface area contributed by atoms with Crippen LogP contribution in [0.1, 0.15) is 15.9 Å². The van der Waals surface area contributed by atoms with E-state index in [-0.39, 0.29) is 5.91 Å². The molecule has 0 saturated heterocycles. The van der Waals surface area contributed by atoms with Gasteiger partial charge in [-0.1, -0.05) is 0 Å². The molecule has 0 spiro atoms. The lowest BCUT2D eigenvalue weighted by Crippen LogP contribution is -2.22. The highest BCUT2D eigenvalue weighted by atomic mass is 32.2. The van der Waals surface area contributed by atoms with Gasteiger partial charge < -0.3 is 10.3 Å². The molecule has 0 aliphatic rings. The van der Waals surface area contributed by atoms with Crippen LogP contribution in [0.5, 0.6) is 0 Å². The van der Waals surface area contributed by atoms with Crippen molar-refractivity contribution in [1.82, 2.24) is 10.3 Å². The highest BCUT2D eigenvalue weighted by Crippen LogP contribution is 2.11. The van der Waals surface area contributed by atoms with Gasteiger partial charge in [-0.2, -0.15) is 0 Å². The minimum atomic E-state index is -3.30. The average Bonchev–Trinajstić information content (AvgIpc) is 2.88. The van der Waals surface area contributed by atoms with Crippen molar-refractivity contribution in [2.45, 2.75) is 6.54 Å². The number of H-pyrrole nitrogens is 1. The Hall–Kier alpha value is -2.28. The second-order valence-electron chi connectivity index (χ2n) is 4.35. The largest absolute Gasteiger partial charge is 0.367 e. The van der Waals surface area contributed by atoms with Crippen LogP contribution < -0.4 is 10.0 Å². The topological polar surface area (TPSA) is 91.1 Å². The minimum Gasteiger partial charge on any atom is -0.367 e. The molecule has 0 aliphatic carbocycles. The van der Waals surface area contributed by atoms with Crippen LogP contribution in [-0.4, -0.2) is 25.6 Å². The van der Waals surface area contributed by atoms with Crippen molar-refractivity contribution >= 4 is 21.6 Å². The van der Waals surface area contributed by atoms with Crippen LogP contribution in [0.25, 0.3) is 0 Å². The molecule has 0 bridgehead atoms. The number of sulfonamides is 1. The van der Waals surface area contributed by atoms with Crippen molar-refractivity contribution in [2.24, 2.45) is 0 Å². The lowest BCUT2D eigenvalue weighted by Gasteiger charge is -2.06. The van der Waals surface area contributed by atoms with Crippen molar-refractivity contribution in [2.75, 3.05) is 11.0 Å². The summed E-state index contributed by atoms with van der Waals surface area (Å²) in [5, 5.41) is 2.77. The first kappa shape index (κ1) is 14.1. The third-order valence-corrected chi connectivity index (χ3v) is 3.17. The standard InChI is InChI=1S/C13H15N3O3S/c1-20(18,19)16-12-4-2-11(3-5-12)13(17)15-9-10-6-7-14-8-10/h2-8,14,16H,9H2,1H3,(H,15,17). The first-order valence-electron chi connectivity index (χ1n) is 5.92. The molecule has 0 fully saturated rings. The average molecular weight is 293 g/mol. The number of hydrogen-bond donors (Lipinski definition) is 3. The van der Waals surface area contributed by atoms with E-state index in [0.29, 0.717) is 17.8 Å². The normalized spacial score (nSPS) is 11.1. The maximum absolute atomic E-state index is 11.9. The van der Waals surface area contributed by atoms with Crippen LogP contribution in [0.3, 0.4) is 0 Å². The summed E-state index contributed by atoms with van der Waals surface area (Å²) in [5.74, 6) is -0.211. The first-order chi connectivity index (χ1) is 9.44. The number of nitrogens with one attached hydrogen (secondary N) is 3. The van der Waals surface area contributed by atoms with Crippen LogP contribution in [0.15, 0.2) is 42.7 Å². The number of amides is 1. The van der Waals surface area contributed by atoms with Crippen LogP contribution in [-0.2, 0) is 16.6 Å². The summed E-state index contributed by atoms with van der Waals surface area (Å²) < 4.78 is 24.5. The van der Waals surface area contributed by atoms with Gasteiger partial charge >= 0.3 is 0 Å². The van der Waals surface area contributed by atoms with Gasteiger partial charge in [0.05, 0.1) is 6.26 Å². The molecule has 3 N–H and O–H groups in total. The van der Waals surface area contributed by atoms with Crippen molar-refractivity contribution in [3.05, 3.63) is 53.9 Å². The lowest BCUT2D eigenvalue weighted by molar-refractivity contribution is 0.0951. The Morgan fingerprint density at radius 1 is 1.20 bits per heavy atom. The fourth-order valence-electron chi connectivity index (χ4n) is 1.66. The fourth-order valence-corrected chi connectivity index (χ4v) is 2.22. The van der Waals surface area contributed by atoms with E-state index in [9.17, 15) is 13.2 Å². The molecule has 1 aromatic heterocycles. The smallest absolute Gasteiger partial charge is 0.251 e. The fraction of sp³-hybridized carbons (Fsp3) is 0.154. The summed E-state index contributed by atoms with van der Waals surface area (Å²) in [6.45, 7) is 0.436. The molecule has 2 aromatic rings.